The van der Waals surface area contributed by atoms with Crippen LogP contribution in [0.2, 0.25) is 0 Å². The number of aryl methyl sites for hydroxylation is 1. The van der Waals surface area contributed by atoms with Gasteiger partial charge in [0.15, 0.2) is 0 Å². The van der Waals surface area contributed by atoms with Gasteiger partial charge in [-0.15, -0.1) is 11.3 Å². The highest BCUT2D eigenvalue weighted by molar-refractivity contribution is 7.20. The van der Waals surface area contributed by atoms with E-state index in [9.17, 15) is 4.79 Å². The molecule has 2 N–H and O–H groups in total. The Morgan fingerprint density at radius 2 is 2.14 bits per heavy atom. The van der Waals surface area contributed by atoms with Gasteiger partial charge in [0.05, 0.1) is 10.3 Å². The first-order valence-electron chi connectivity index (χ1n) is 7.45. The Bertz CT molecular complexity index is 653. The number of hydrogen-bond acceptors (Lipinski definition) is 6. The number of anilines is 1. The molecular formula is C15H23N5OS. The first-order valence-corrected chi connectivity index (χ1v) is 8.27. The van der Waals surface area contributed by atoms with Crippen LogP contribution >= 0.6 is 11.3 Å². The first kappa shape index (κ1) is 16.6. The summed E-state index contributed by atoms with van der Waals surface area (Å²) in [4.78, 5) is 24.5. The fraction of sp³-hybridized carbons (Fsp3) is 0.533. The molecule has 0 saturated carbocycles. The summed E-state index contributed by atoms with van der Waals surface area (Å²) >= 11 is 1.42. The lowest BCUT2D eigenvalue weighted by Gasteiger charge is -2.10. The van der Waals surface area contributed by atoms with E-state index < -0.39 is 0 Å². The topological polar surface area (TPSA) is 70.1 Å². The van der Waals surface area contributed by atoms with E-state index in [4.69, 9.17) is 0 Å². The molecule has 0 aliphatic heterocycles. The molecule has 2 heterocycles. The molecule has 0 spiro atoms. The van der Waals surface area contributed by atoms with Crippen LogP contribution in [0, 0.1) is 6.92 Å². The average Bonchev–Trinajstić information content (AvgIpc) is 2.82. The van der Waals surface area contributed by atoms with E-state index in [1.54, 1.807) is 6.33 Å². The normalized spacial score (nSPS) is 11.1. The van der Waals surface area contributed by atoms with Crippen LogP contribution in [0.4, 0.5) is 5.82 Å². The van der Waals surface area contributed by atoms with Gasteiger partial charge in [-0.25, -0.2) is 9.97 Å². The Morgan fingerprint density at radius 1 is 1.36 bits per heavy atom. The largest absolute Gasteiger partial charge is 0.369 e. The maximum atomic E-state index is 12.1. The molecule has 7 heteroatoms. The molecule has 0 fully saturated rings. The first-order chi connectivity index (χ1) is 10.5. The van der Waals surface area contributed by atoms with Gasteiger partial charge < -0.3 is 15.5 Å². The van der Waals surface area contributed by atoms with E-state index in [1.807, 2.05) is 13.8 Å². The van der Waals surface area contributed by atoms with Crippen molar-refractivity contribution in [1.82, 2.24) is 20.2 Å². The van der Waals surface area contributed by atoms with Crippen molar-refractivity contribution in [2.24, 2.45) is 0 Å². The van der Waals surface area contributed by atoms with Crippen LogP contribution in [-0.4, -0.2) is 54.5 Å². The van der Waals surface area contributed by atoms with Crippen molar-refractivity contribution >= 4 is 33.3 Å². The monoisotopic (exact) mass is 321 g/mol. The number of fused-ring (bicyclic) bond motifs is 1. The van der Waals surface area contributed by atoms with Crippen molar-refractivity contribution in [3.63, 3.8) is 0 Å². The lowest BCUT2D eigenvalue weighted by atomic mass is 10.2. The molecule has 0 bridgehead atoms. The van der Waals surface area contributed by atoms with Gasteiger partial charge in [-0.05, 0) is 46.5 Å². The molecule has 0 aliphatic rings. The molecule has 0 radical (unpaired) electrons. The number of amides is 1. The van der Waals surface area contributed by atoms with Crippen molar-refractivity contribution < 1.29 is 4.79 Å². The van der Waals surface area contributed by atoms with Crippen molar-refractivity contribution in [2.75, 3.05) is 39.0 Å². The van der Waals surface area contributed by atoms with Crippen LogP contribution in [0.5, 0.6) is 0 Å². The van der Waals surface area contributed by atoms with E-state index >= 15 is 0 Å². The maximum absolute atomic E-state index is 12.1. The number of aromatic nitrogens is 2. The van der Waals surface area contributed by atoms with Crippen molar-refractivity contribution in [2.45, 2.75) is 20.3 Å². The summed E-state index contributed by atoms with van der Waals surface area (Å²) in [6.07, 6.45) is 2.58. The zero-order valence-electron chi connectivity index (χ0n) is 13.6. The fourth-order valence-corrected chi connectivity index (χ4v) is 3.33. The SMILES string of the molecule is CCNC(=O)c1sc2ncnc(NCCCN(C)C)c2c1C. The predicted molar refractivity (Wildman–Crippen MR) is 91.8 cm³/mol. The molecule has 0 atom stereocenters. The average molecular weight is 321 g/mol. The molecule has 0 saturated heterocycles. The minimum atomic E-state index is -0.0402. The molecule has 0 unspecified atom stereocenters. The zero-order chi connectivity index (χ0) is 16.1. The van der Waals surface area contributed by atoms with Gasteiger partial charge in [-0.2, -0.15) is 0 Å². The lowest BCUT2D eigenvalue weighted by molar-refractivity contribution is 0.0959. The second-order valence-corrected chi connectivity index (χ2v) is 6.40. The number of thiophene rings is 1. The second kappa shape index (κ2) is 7.51. The molecule has 0 aliphatic carbocycles. The number of nitrogens with one attached hydrogen (secondary N) is 2. The van der Waals surface area contributed by atoms with Crippen molar-refractivity contribution in [1.29, 1.82) is 0 Å². The highest BCUT2D eigenvalue weighted by Gasteiger charge is 2.18. The summed E-state index contributed by atoms with van der Waals surface area (Å²) in [7, 11) is 4.12. The van der Waals surface area contributed by atoms with Gasteiger partial charge in [0.2, 0.25) is 0 Å². The molecule has 2 aromatic rings. The molecule has 6 nitrogen and oxygen atoms in total. The van der Waals surface area contributed by atoms with E-state index in [1.165, 1.54) is 11.3 Å². The summed E-state index contributed by atoms with van der Waals surface area (Å²) in [5.41, 5.74) is 0.946. The minimum absolute atomic E-state index is 0.0402. The number of nitrogens with zero attached hydrogens (tertiary/aromatic N) is 3. The Labute approximate surface area is 134 Å². The third kappa shape index (κ3) is 3.72. The van der Waals surface area contributed by atoms with Gasteiger partial charge in [0, 0.05) is 13.1 Å². The minimum Gasteiger partial charge on any atom is -0.369 e. The van der Waals surface area contributed by atoms with E-state index in [2.05, 4.69) is 39.6 Å². The maximum Gasteiger partial charge on any atom is 0.261 e. The smallest absolute Gasteiger partial charge is 0.261 e. The van der Waals surface area contributed by atoms with Gasteiger partial charge in [0.1, 0.15) is 17.0 Å². The van der Waals surface area contributed by atoms with E-state index in [-0.39, 0.29) is 5.91 Å². The summed E-state index contributed by atoms with van der Waals surface area (Å²) in [6, 6.07) is 0. The molecule has 22 heavy (non-hydrogen) atoms. The van der Waals surface area contributed by atoms with Crippen molar-refractivity contribution in [3.8, 4) is 0 Å². The van der Waals surface area contributed by atoms with Gasteiger partial charge in [-0.3, -0.25) is 4.79 Å². The van der Waals surface area contributed by atoms with Crippen LogP contribution in [0.25, 0.3) is 10.2 Å². The van der Waals surface area contributed by atoms with Gasteiger partial charge in [0.25, 0.3) is 5.91 Å². The predicted octanol–water partition coefficient (Wildman–Crippen LogP) is 2.11. The Balaban J connectivity index is 2.22. The number of carbonyl (C=O) groups is 1. The summed E-state index contributed by atoms with van der Waals surface area (Å²) < 4.78 is 0. The third-order valence-corrected chi connectivity index (χ3v) is 4.54. The molecule has 2 rings (SSSR count). The molecule has 1 amide bonds. The van der Waals surface area contributed by atoms with Crippen molar-refractivity contribution in [3.05, 3.63) is 16.8 Å². The van der Waals surface area contributed by atoms with Crippen LogP contribution in [0.15, 0.2) is 6.33 Å². The number of hydrogen-bond donors (Lipinski definition) is 2. The summed E-state index contributed by atoms with van der Waals surface area (Å²) in [6.45, 7) is 6.35. The van der Waals surface area contributed by atoms with Crippen LogP contribution in [-0.2, 0) is 0 Å². The number of carbonyl (C=O) groups excluding carboxylic acids is 1. The van der Waals surface area contributed by atoms with Crippen LogP contribution in [0.1, 0.15) is 28.6 Å². The Hall–Kier alpha value is -1.73. The molecular weight excluding hydrogens is 298 g/mol. The molecule has 0 aromatic carbocycles. The Morgan fingerprint density at radius 3 is 2.82 bits per heavy atom. The van der Waals surface area contributed by atoms with Gasteiger partial charge >= 0.3 is 0 Å². The highest BCUT2D eigenvalue weighted by atomic mass is 32.1. The van der Waals surface area contributed by atoms with Crippen LogP contribution in [0.3, 0.4) is 0 Å². The molecule has 120 valence electrons. The van der Waals surface area contributed by atoms with E-state index in [0.29, 0.717) is 11.4 Å². The van der Waals surface area contributed by atoms with Gasteiger partial charge in [-0.1, -0.05) is 0 Å². The fourth-order valence-electron chi connectivity index (χ4n) is 2.27. The number of rotatable bonds is 7. The van der Waals surface area contributed by atoms with Crippen LogP contribution < -0.4 is 10.6 Å². The molecule has 2 aromatic heterocycles. The van der Waals surface area contributed by atoms with E-state index in [0.717, 1.165) is 41.1 Å². The quantitative estimate of drug-likeness (QED) is 0.764. The Kier molecular flexibility index (Phi) is 5.68. The standard InChI is InChI=1S/C15H23N5OS/c1-5-16-14(21)12-10(2)11-13(17-7-6-8-20(3)4)18-9-19-15(11)22-12/h9H,5-8H2,1-4H3,(H,16,21)(H,17,18,19). The second-order valence-electron chi connectivity index (χ2n) is 5.40. The third-order valence-electron chi connectivity index (χ3n) is 3.34. The zero-order valence-corrected chi connectivity index (χ0v) is 14.4. The highest BCUT2D eigenvalue weighted by Crippen LogP contribution is 2.33. The lowest BCUT2D eigenvalue weighted by Crippen LogP contribution is -2.22. The summed E-state index contributed by atoms with van der Waals surface area (Å²) in [5.74, 6) is 0.773. The summed E-state index contributed by atoms with van der Waals surface area (Å²) in [5, 5.41) is 7.17.